The van der Waals surface area contributed by atoms with Crippen molar-refractivity contribution in [3.63, 3.8) is 0 Å². The van der Waals surface area contributed by atoms with Crippen LogP contribution in [0.1, 0.15) is 73.6 Å². The number of hydrogen-bond acceptors (Lipinski definition) is 6. The van der Waals surface area contributed by atoms with Crippen molar-refractivity contribution >= 4 is 19.1 Å². The van der Waals surface area contributed by atoms with Gasteiger partial charge < -0.3 is 24.7 Å². The van der Waals surface area contributed by atoms with Gasteiger partial charge in [-0.05, 0) is 77.0 Å². The van der Waals surface area contributed by atoms with Crippen molar-refractivity contribution in [1.29, 1.82) is 0 Å². The molecule has 2 amide bonds. The standard InChI is InChI=1S/C24H40BN3O5/c1-22(2,3)31-21(30)28-13-15(26)11-17(28)20(29)27-9-7-8-18(27)25-32-19-16-10-14(23(16,4)5)12-24(19,6)33-25/h14-19H,7-13,26H2,1-6H3/t14?,15-,16?,17+,18+,19?,24?/m1/s1. The number of nitrogens with zero attached hydrogens (tertiary/aromatic N) is 2. The van der Waals surface area contributed by atoms with Crippen LogP contribution in [0.25, 0.3) is 0 Å². The van der Waals surface area contributed by atoms with Crippen molar-refractivity contribution in [3.8, 4) is 0 Å². The molecule has 9 heteroatoms. The fraction of sp³-hybridized carbons (Fsp3) is 0.917. The minimum absolute atomic E-state index is 0.0619. The molecule has 7 atom stereocenters. The molecule has 0 spiro atoms. The average molecular weight is 461 g/mol. The van der Waals surface area contributed by atoms with Crippen LogP contribution in [0.3, 0.4) is 0 Å². The van der Waals surface area contributed by atoms with E-state index in [1.807, 2.05) is 25.7 Å². The second kappa shape index (κ2) is 7.59. The van der Waals surface area contributed by atoms with Gasteiger partial charge >= 0.3 is 13.2 Å². The Morgan fingerprint density at radius 2 is 1.88 bits per heavy atom. The third kappa shape index (κ3) is 3.78. The van der Waals surface area contributed by atoms with Gasteiger partial charge in [-0.2, -0.15) is 0 Å². The molecule has 6 aliphatic rings. The predicted molar refractivity (Wildman–Crippen MR) is 124 cm³/mol. The van der Waals surface area contributed by atoms with Gasteiger partial charge in [-0.15, -0.1) is 0 Å². The normalized spacial score (nSPS) is 41.7. The van der Waals surface area contributed by atoms with Crippen LogP contribution in [0.2, 0.25) is 0 Å². The lowest BCUT2D eigenvalue weighted by molar-refractivity contribution is -0.185. The van der Waals surface area contributed by atoms with E-state index in [0.717, 1.165) is 19.3 Å². The van der Waals surface area contributed by atoms with Gasteiger partial charge in [-0.25, -0.2) is 4.79 Å². The topological polar surface area (TPSA) is 94.3 Å². The summed E-state index contributed by atoms with van der Waals surface area (Å²) in [5.74, 6) is 0.993. The fourth-order valence-electron chi connectivity index (χ4n) is 7.07. The highest BCUT2D eigenvalue weighted by molar-refractivity contribution is 6.48. The van der Waals surface area contributed by atoms with Crippen molar-refractivity contribution in [1.82, 2.24) is 9.80 Å². The Balaban J connectivity index is 1.31. The Bertz CT molecular complexity index is 831. The first-order valence-electron chi connectivity index (χ1n) is 12.7. The van der Waals surface area contributed by atoms with Crippen molar-refractivity contribution in [2.24, 2.45) is 23.0 Å². The Kier molecular flexibility index (Phi) is 5.39. The fourth-order valence-corrected chi connectivity index (χ4v) is 7.07. The van der Waals surface area contributed by atoms with Gasteiger partial charge in [0.1, 0.15) is 11.6 Å². The van der Waals surface area contributed by atoms with Gasteiger partial charge in [0, 0.05) is 19.1 Å². The molecule has 0 aromatic carbocycles. The van der Waals surface area contributed by atoms with E-state index < -0.39 is 24.9 Å². The van der Waals surface area contributed by atoms with Crippen LogP contribution < -0.4 is 5.73 Å². The van der Waals surface area contributed by atoms with Crippen LogP contribution in [0.15, 0.2) is 0 Å². The van der Waals surface area contributed by atoms with Crippen LogP contribution in [-0.4, -0.2) is 77.3 Å². The summed E-state index contributed by atoms with van der Waals surface area (Å²) in [7, 11) is -0.411. The largest absolute Gasteiger partial charge is 0.481 e. The monoisotopic (exact) mass is 461 g/mol. The van der Waals surface area contributed by atoms with E-state index in [0.29, 0.717) is 36.8 Å². The van der Waals surface area contributed by atoms with Gasteiger partial charge in [0.15, 0.2) is 0 Å². The average Bonchev–Trinajstić information content (AvgIpc) is 3.40. The van der Waals surface area contributed by atoms with E-state index in [1.54, 1.807) is 0 Å². The maximum atomic E-state index is 13.7. The lowest BCUT2D eigenvalue weighted by atomic mass is 9.45. The molecule has 3 saturated heterocycles. The van der Waals surface area contributed by atoms with Crippen LogP contribution in [0, 0.1) is 17.3 Å². The number of rotatable bonds is 2. The minimum Gasteiger partial charge on any atom is -0.444 e. The van der Waals surface area contributed by atoms with Gasteiger partial charge in [0.2, 0.25) is 5.91 Å². The Hall–Kier alpha value is -1.32. The van der Waals surface area contributed by atoms with Crippen molar-refractivity contribution < 1.29 is 23.6 Å². The molecule has 4 unspecified atom stereocenters. The first-order valence-corrected chi connectivity index (χ1v) is 12.7. The predicted octanol–water partition coefficient (Wildman–Crippen LogP) is 2.58. The first kappa shape index (κ1) is 23.4. The number of amides is 2. The number of nitrogens with two attached hydrogens (primary N) is 1. The number of hydrogen-bond donors (Lipinski definition) is 1. The van der Waals surface area contributed by atoms with Gasteiger partial charge in [-0.3, -0.25) is 9.69 Å². The maximum Gasteiger partial charge on any atom is 0.481 e. The second-order valence-electron chi connectivity index (χ2n) is 12.8. The molecule has 6 fully saturated rings. The molecular weight excluding hydrogens is 421 g/mol. The minimum atomic E-state index is -0.626. The van der Waals surface area contributed by atoms with Crippen molar-refractivity contribution in [2.45, 2.75) is 109 Å². The third-order valence-corrected chi connectivity index (χ3v) is 8.97. The molecule has 33 heavy (non-hydrogen) atoms. The van der Waals surface area contributed by atoms with Crippen molar-refractivity contribution in [3.05, 3.63) is 0 Å². The molecule has 6 rings (SSSR count). The highest BCUT2D eigenvalue weighted by Crippen LogP contribution is 2.64. The first-order chi connectivity index (χ1) is 15.3. The molecule has 3 saturated carbocycles. The summed E-state index contributed by atoms with van der Waals surface area (Å²) in [5.41, 5.74) is 5.58. The van der Waals surface area contributed by atoms with Crippen LogP contribution in [0.4, 0.5) is 4.79 Å². The molecule has 3 heterocycles. The SMILES string of the molecule is CC(C)(C)OC(=O)N1C[C@H](N)C[C@H]1C(=O)N1CCC[C@H]1B1OC2C3CC(CC2(C)O1)C3(C)C. The van der Waals surface area contributed by atoms with Crippen LogP contribution in [0.5, 0.6) is 0 Å². The van der Waals surface area contributed by atoms with Gasteiger partial charge in [-0.1, -0.05) is 13.8 Å². The molecule has 184 valence electrons. The van der Waals surface area contributed by atoms with Gasteiger partial charge in [0.05, 0.1) is 17.6 Å². The molecule has 0 aromatic heterocycles. The highest BCUT2D eigenvalue weighted by atomic mass is 16.7. The molecule has 2 N–H and O–H groups in total. The number of ether oxygens (including phenoxy) is 1. The molecule has 3 aliphatic carbocycles. The Labute approximate surface area is 198 Å². The van der Waals surface area contributed by atoms with Crippen molar-refractivity contribution in [2.75, 3.05) is 13.1 Å². The van der Waals surface area contributed by atoms with Crippen LogP contribution in [-0.2, 0) is 18.8 Å². The summed E-state index contributed by atoms with van der Waals surface area (Å²) in [6, 6.07) is -0.830. The molecule has 8 nitrogen and oxygen atoms in total. The Morgan fingerprint density at radius 3 is 2.55 bits per heavy atom. The zero-order chi connectivity index (χ0) is 23.9. The maximum absolute atomic E-state index is 13.7. The number of likely N-dealkylation sites (tertiary alicyclic amines) is 2. The quantitative estimate of drug-likeness (QED) is 0.636. The Morgan fingerprint density at radius 1 is 1.15 bits per heavy atom. The van der Waals surface area contributed by atoms with E-state index in [4.69, 9.17) is 19.8 Å². The molecule has 2 bridgehead atoms. The molecule has 0 radical (unpaired) electrons. The van der Waals surface area contributed by atoms with Crippen LogP contribution >= 0.6 is 0 Å². The summed E-state index contributed by atoms with van der Waals surface area (Å²) in [6.07, 6.45) is 4.04. The molecule has 3 aliphatic heterocycles. The number of carbonyl (C=O) groups is 2. The van der Waals surface area contributed by atoms with E-state index in [-0.39, 0.29) is 29.6 Å². The van der Waals surface area contributed by atoms with E-state index in [2.05, 4.69) is 20.8 Å². The summed E-state index contributed by atoms with van der Waals surface area (Å²) in [5, 5.41) is 0. The van der Waals surface area contributed by atoms with E-state index >= 15 is 0 Å². The summed E-state index contributed by atoms with van der Waals surface area (Å²) < 4.78 is 18.7. The lowest BCUT2D eigenvalue weighted by Gasteiger charge is -2.63. The third-order valence-electron chi connectivity index (χ3n) is 8.97. The molecule has 0 aromatic rings. The van der Waals surface area contributed by atoms with E-state index in [1.165, 1.54) is 11.3 Å². The summed E-state index contributed by atoms with van der Waals surface area (Å²) >= 11 is 0. The second-order valence-corrected chi connectivity index (χ2v) is 12.8. The highest BCUT2D eigenvalue weighted by Gasteiger charge is 2.68. The van der Waals surface area contributed by atoms with Gasteiger partial charge in [0.25, 0.3) is 0 Å². The summed E-state index contributed by atoms with van der Waals surface area (Å²) in [6.45, 7) is 13.4. The van der Waals surface area contributed by atoms with E-state index in [9.17, 15) is 9.59 Å². The lowest BCUT2D eigenvalue weighted by Crippen LogP contribution is -2.63. The zero-order valence-electron chi connectivity index (χ0n) is 21.0. The smallest absolute Gasteiger partial charge is 0.444 e. The summed E-state index contributed by atoms with van der Waals surface area (Å²) in [4.78, 5) is 29.9. The molecular formula is C24H40BN3O5. The zero-order valence-corrected chi connectivity index (χ0v) is 21.0. The number of carbonyl (C=O) groups excluding carboxylic acids is 2.